The fraction of sp³-hybridized carbons (Fsp3) is 0.333. The summed E-state index contributed by atoms with van der Waals surface area (Å²) in [4.78, 5) is 16.7. The predicted molar refractivity (Wildman–Crippen MR) is 69.9 cm³/mol. The van der Waals surface area contributed by atoms with Crippen LogP contribution in [0.1, 0.15) is 12.5 Å². The number of carboxylic acid groups (broad SMARTS) is 1. The molecule has 0 aliphatic heterocycles. The van der Waals surface area contributed by atoms with Gasteiger partial charge in [-0.05, 0) is 24.1 Å². The van der Waals surface area contributed by atoms with E-state index in [0.717, 1.165) is 21.8 Å². The molecule has 2 aromatic rings. The summed E-state index contributed by atoms with van der Waals surface area (Å²) in [6.07, 6.45) is 0.994. The largest absolute Gasteiger partial charge is 0.480 e. The van der Waals surface area contributed by atoms with Crippen molar-refractivity contribution in [2.75, 3.05) is 18.5 Å². The normalized spacial score (nSPS) is 10.7. The van der Waals surface area contributed by atoms with Gasteiger partial charge in [0, 0.05) is 7.05 Å². The summed E-state index contributed by atoms with van der Waals surface area (Å²) in [5, 5.41) is 9.48. The first kappa shape index (κ1) is 11.9. The lowest BCUT2D eigenvalue weighted by Crippen LogP contribution is -2.24. The highest BCUT2D eigenvalue weighted by atomic mass is 32.1. The van der Waals surface area contributed by atoms with Crippen molar-refractivity contribution in [2.24, 2.45) is 0 Å². The van der Waals surface area contributed by atoms with Crippen molar-refractivity contribution in [2.45, 2.75) is 13.3 Å². The van der Waals surface area contributed by atoms with Crippen LogP contribution in [0.2, 0.25) is 0 Å². The van der Waals surface area contributed by atoms with Gasteiger partial charge in [-0.25, -0.2) is 4.98 Å². The van der Waals surface area contributed by atoms with Gasteiger partial charge in [-0.15, -0.1) is 0 Å². The zero-order valence-corrected chi connectivity index (χ0v) is 10.6. The molecule has 0 spiro atoms. The molecule has 1 aromatic carbocycles. The van der Waals surface area contributed by atoms with Gasteiger partial charge in [-0.3, -0.25) is 4.79 Å². The summed E-state index contributed by atoms with van der Waals surface area (Å²) in [5.41, 5.74) is 2.20. The molecule has 0 fully saturated rings. The Hall–Kier alpha value is -1.62. The Bertz CT molecular complexity index is 550. The van der Waals surface area contributed by atoms with Gasteiger partial charge >= 0.3 is 5.97 Å². The van der Waals surface area contributed by atoms with Crippen LogP contribution in [0, 0.1) is 0 Å². The summed E-state index contributed by atoms with van der Waals surface area (Å²) in [6.45, 7) is 2.08. The summed E-state index contributed by atoms with van der Waals surface area (Å²) in [6, 6.07) is 6.16. The maximum absolute atomic E-state index is 10.6. The number of carboxylic acids is 1. The number of likely N-dealkylation sites (N-methyl/N-ethyl adjacent to an activating group) is 1. The number of nitrogens with zero attached hydrogens (tertiary/aromatic N) is 2. The monoisotopic (exact) mass is 250 g/mol. The number of benzene rings is 1. The molecule has 0 aliphatic rings. The number of aromatic nitrogens is 1. The quantitative estimate of drug-likeness (QED) is 0.905. The number of hydrogen-bond donors (Lipinski definition) is 1. The van der Waals surface area contributed by atoms with Crippen LogP contribution in [0.25, 0.3) is 10.2 Å². The van der Waals surface area contributed by atoms with E-state index in [0.29, 0.717) is 0 Å². The molecule has 0 atom stereocenters. The Balaban J connectivity index is 2.33. The van der Waals surface area contributed by atoms with E-state index in [9.17, 15) is 4.79 Å². The van der Waals surface area contributed by atoms with Gasteiger partial charge in [0.05, 0.1) is 10.2 Å². The molecule has 0 radical (unpaired) electrons. The van der Waals surface area contributed by atoms with Crippen molar-refractivity contribution in [3.05, 3.63) is 23.8 Å². The molecule has 0 amide bonds. The average Bonchev–Trinajstić information content (AvgIpc) is 2.70. The molecule has 0 saturated heterocycles. The van der Waals surface area contributed by atoms with Crippen molar-refractivity contribution in [3.8, 4) is 0 Å². The summed E-state index contributed by atoms with van der Waals surface area (Å²) in [5.74, 6) is -0.846. The van der Waals surface area contributed by atoms with Gasteiger partial charge in [0.2, 0.25) is 0 Å². The smallest absolute Gasteiger partial charge is 0.323 e. The van der Waals surface area contributed by atoms with Gasteiger partial charge in [-0.1, -0.05) is 24.3 Å². The van der Waals surface area contributed by atoms with Crippen LogP contribution in [0.15, 0.2) is 18.2 Å². The highest BCUT2D eigenvalue weighted by Crippen LogP contribution is 2.28. The minimum atomic E-state index is -0.846. The third-order valence-corrected chi connectivity index (χ3v) is 3.68. The molecule has 1 heterocycles. The third-order valence-electron chi connectivity index (χ3n) is 2.55. The molecule has 90 valence electrons. The van der Waals surface area contributed by atoms with Crippen molar-refractivity contribution < 1.29 is 9.90 Å². The van der Waals surface area contributed by atoms with Crippen molar-refractivity contribution in [3.63, 3.8) is 0 Å². The second kappa shape index (κ2) is 4.71. The fourth-order valence-electron chi connectivity index (χ4n) is 1.61. The molecule has 5 heteroatoms. The predicted octanol–water partition coefficient (Wildman–Crippen LogP) is 2.38. The van der Waals surface area contributed by atoms with Crippen LogP contribution in [0.3, 0.4) is 0 Å². The molecular weight excluding hydrogens is 236 g/mol. The van der Waals surface area contributed by atoms with E-state index in [4.69, 9.17) is 5.11 Å². The lowest BCUT2D eigenvalue weighted by Gasteiger charge is -2.11. The van der Waals surface area contributed by atoms with Crippen molar-refractivity contribution >= 4 is 32.7 Å². The number of aryl methyl sites for hydroxylation is 1. The van der Waals surface area contributed by atoms with Gasteiger partial charge in [-0.2, -0.15) is 0 Å². The Kier molecular flexibility index (Phi) is 3.28. The molecule has 1 N–H and O–H groups in total. The summed E-state index contributed by atoms with van der Waals surface area (Å²) < 4.78 is 1.11. The van der Waals surface area contributed by atoms with E-state index < -0.39 is 5.97 Å². The summed E-state index contributed by atoms with van der Waals surface area (Å²) in [7, 11) is 1.74. The van der Waals surface area contributed by atoms with Crippen LogP contribution in [-0.4, -0.2) is 29.7 Å². The van der Waals surface area contributed by atoms with E-state index in [-0.39, 0.29) is 6.54 Å². The molecule has 4 nitrogen and oxygen atoms in total. The Morgan fingerprint density at radius 2 is 2.29 bits per heavy atom. The number of hydrogen-bond acceptors (Lipinski definition) is 4. The average molecular weight is 250 g/mol. The molecular formula is C12H14N2O2S. The van der Waals surface area contributed by atoms with Crippen LogP contribution in [-0.2, 0) is 11.2 Å². The molecule has 0 aliphatic carbocycles. The lowest BCUT2D eigenvalue weighted by molar-refractivity contribution is -0.135. The van der Waals surface area contributed by atoms with Crippen LogP contribution < -0.4 is 4.90 Å². The SMILES string of the molecule is CCc1ccc2nc(N(C)CC(=O)O)sc2c1. The molecule has 0 bridgehead atoms. The van der Waals surface area contributed by atoms with E-state index in [2.05, 4.69) is 24.0 Å². The van der Waals surface area contributed by atoms with Crippen LogP contribution in [0.4, 0.5) is 5.13 Å². The first-order chi connectivity index (χ1) is 8.10. The van der Waals surface area contributed by atoms with Gasteiger partial charge in [0.1, 0.15) is 6.54 Å². The van der Waals surface area contributed by atoms with E-state index in [1.54, 1.807) is 11.9 Å². The number of thiazole rings is 1. The highest BCUT2D eigenvalue weighted by Gasteiger charge is 2.11. The standard InChI is InChI=1S/C12H14N2O2S/c1-3-8-4-5-9-10(6-8)17-12(13-9)14(2)7-11(15)16/h4-6H,3,7H2,1-2H3,(H,15,16). The number of anilines is 1. The van der Waals surface area contributed by atoms with Crippen LogP contribution in [0.5, 0.6) is 0 Å². The Labute approximate surface area is 104 Å². The van der Waals surface area contributed by atoms with E-state index in [1.807, 2.05) is 6.07 Å². The minimum absolute atomic E-state index is 0.0273. The van der Waals surface area contributed by atoms with Crippen LogP contribution >= 0.6 is 11.3 Å². The third kappa shape index (κ3) is 2.55. The maximum atomic E-state index is 10.6. The van der Waals surface area contributed by atoms with Crippen molar-refractivity contribution in [1.29, 1.82) is 0 Å². The maximum Gasteiger partial charge on any atom is 0.323 e. The van der Waals surface area contributed by atoms with Gasteiger partial charge < -0.3 is 10.0 Å². The second-order valence-corrected chi connectivity index (χ2v) is 4.91. The zero-order chi connectivity index (χ0) is 12.4. The Morgan fingerprint density at radius 3 is 2.94 bits per heavy atom. The first-order valence-electron chi connectivity index (χ1n) is 5.42. The number of carbonyl (C=O) groups is 1. The molecule has 0 unspecified atom stereocenters. The molecule has 1 aromatic heterocycles. The fourth-order valence-corrected chi connectivity index (χ4v) is 2.60. The number of rotatable bonds is 4. The first-order valence-corrected chi connectivity index (χ1v) is 6.24. The number of aliphatic carboxylic acids is 1. The number of fused-ring (bicyclic) bond motifs is 1. The summed E-state index contributed by atoms with van der Waals surface area (Å²) >= 11 is 1.53. The molecule has 17 heavy (non-hydrogen) atoms. The van der Waals surface area contributed by atoms with Gasteiger partial charge in [0.25, 0.3) is 0 Å². The van der Waals surface area contributed by atoms with Gasteiger partial charge in [0.15, 0.2) is 5.13 Å². The van der Waals surface area contributed by atoms with E-state index in [1.165, 1.54) is 16.9 Å². The highest BCUT2D eigenvalue weighted by molar-refractivity contribution is 7.22. The topological polar surface area (TPSA) is 53.4 Å². The molecule has 0 saturated carbocycles. The molecule has 2 rings (SSSR count). The lowest BCUT2D eigenvalue weighted by atomic mass is 10.2. The Morgan fingerprint density at radius 1 is 1.53 bits per heavy atom. The van der Waals surface area contributed by atoms with E-state index >= 15 is 0 Å². The van der Waals surface area contributed by atoms with Crippen molar-refractivity contribution in [1.82, 2.24) is 4.98 Å². The minimum Gasteiger partial charge on any atom is -0.480 e. The zero-order valence-electron chi connectivity index (χ0n) is 9.80. The second-order valence-electron chi connectivity index (χ2n) is 3.90.